The molecule has 2 rings (SSSR count). The van der Waals surface area contributed by atoms with Crippen LogP contribution in [0.5, 0.6) is 5.75 Å². The van der Waals surface area contributed by atoms with E-state index in [-0.39, 0.29) is 0 Å². The van der Waals surface area contributed by atoms with Gasteiger partial charge in [0.25, 0.3) is 0 Å². The number of ether oxygens (including phenoxy) is 1. The maximum atomic E-state index is 5.62. The van der Waals surface area contributed by atoms with Crippen LogP contribution in [0.3, 0.4) is 0 Å². The first-order valence-electron chi connectivity index (χ1n) is 6.11. The smallest absolute Gasteiger partial charge is 0.126 e. The van der Waals surface area contributed by atoms with Gasteiger partial charge in [-0.15, -0.1) is 0 Å². The van der Waals surface area contributed by atoms with Crippen LogP contribution >= 0.6 is 0 Å². The van der Waals surface area contributed by atoms with Crippen molar-refractivity contribution in [1.82, 2.24) is 4.98 Å². The third-order valence-corrected chi connectivity index (χ3v) is 2.59. The molecule has 0 radical (unpaired) electrons. The van der Waals surface area contributed by atoms with E-state index in [1.807, 2.05) is 49.4 Å². The van der Waals surface area contributed by atoms with Gasteiger partial charge < -0.3 is 10.1 Å². The summed E-state index contributed by atoms with van der Waals surface area (Å²) in [5.41, 5.74) is 2.25. The van der Waals surface area contributed by atoms with E-state index in [9.17, 15) is 0 Å². The molecule has 0 spiro atoms. The number of nitrogens with zero attached hydrogens (tertiary/aromatic N) is 1. The molecule has 0 amide bonds. The van der Waals surface area contributed by atoms with Gasteiger partial charge in [-0.1, -0.05) is 23.8 Å². The summed E-state index contributed by atoms with van der Waals surface area (Å²) in [6.45, 7) is 5.41. The number of benzene rings is 1. The fourth-order valence-corrected chi connectivity index (χ4v) is 1.62. The topological polar surface area (TPSA) is 34.1 Å². The lowest BCUT2D eigenvalue weighted by Crippen LogP contribution is -2.12. The molecule has 0 atom stereocenters. The molecule has 0 fully saturated rings. The van der Waals surface area contributed by atoms with E-state index in [1.165, 1.54) is 5.56 Å². The van der Waals surface area contributed by atoms with Crippen LogP contribution in [0.25, 0.3) is 0 Å². The van der Waals surface area contributed by atoms with Crippen molar-refractivity contribution in [1.29, 1.82) is 0 Å². The van der Waals surface area contributed by atoms with Crippen molar-refractivity contribution in [2.75, 3.05) is 18.5 Å². The molecule has 1 aromatic carbocycles. The Bertz CT molecular complexity index is 494. The Balaban J connectivity index is 1.74. The van der Waals surface area contributed by atoms with Gasteiger partial charge in [0.1, 0.15) is 18.2 Å². The molecule has 94 valence electrons. The maximum absolute atomic E-state index is 5.62. The van der Waals surface area contributed by atoms with E-state index in [4.69, 9.17) is 4.74 Å². The Morgan fingerprint density at radius 2 is 1.83 bits per heavy atom. The molecule has 0 unspecified atom stereocenters. The molecule has 1 heterocycles. The average Bonchev–Trinajstić information content (AvgIpc) is 2.37. The van der Waals surface area contributed by atoms with Gasteiger partial charge >= 0.3 is 0 Å². The lowest BCUT2D eigenvalue weighted by atomic mass is 10.2. The molecule has 3 heteroatoms. The number of pyridine rings is 1. The Morgan fingerprint density at radius 1 is 1.06 bits per heavy atom. The average molecular weight is 242 g/mol. The van der Waals surface area contributed by atoms with Gasteiger partial charge in [0.05, 0.1) is 6.54 Å². The molecule has 0 aliphatic carbocycles. The molecule has 0 aliphatic rings. The van der Waals surface area contributed by atoms with Crippen LogP contribution in [0.2, 0.25) is 0 Å². The molecule has 2 aromatic rings. The van der Waals surface area contributed by atoms with E-state index >= 15 is 0 Å². The molecule has 0 aliphatic heterocycles. The highest BCUT2D eigenvalue weighted by Gasteiger charge is 1.95. The summed E-state index contributed by atoms with van der Waals surface area (Å²) in [6.07, 6.45) is 0. The van der Waals surface area contributed by atoms with Crippen molar-refractivity contribution in [2.45, 2.75) is 13.8 Å². The second kappa shape index (κ2) is 6.05. The minimum Gasteiger partial charge on any atom is -0.492 e. The number of anilines is 1. The normalized spacial score (nSPS) is 10.1. The van der Waals surface area contributed by atoms with Gasteiger partial charge in [0, 0.05) is 5.69 Å². The molecule has 1 N–H and O–H groups in total. The summed E-state index contributed by atoms with van der Waals surface area (Å²) in [5, 5.41) is 3.23. The van der Waals surface area contributed by atoms with Crippen LogP contribution in [-0.4, -0.2) is 18.1 Å². The summed E-state index contributed by atoms with van der Waals surface area (Å²) in [4.78, 5) is 4.36. The molecule has 0 bridgehead atoms. The SMILES string of the molecule is Cc1ccc(OCCNc2cccc(C)n2)cc1. The second-order valence-electron chi connectivity index (χ2n) is 4.25. The highest BCUT2D eigenvalue weighted by Crippen LogP contribution is 2.11. The van der Waals surface area contributed by atoms with Crippen LogP contribution in [-0.2, 0) is 0 Å². The van der Waals surface area contributed by atoms with Gasteiger partial charge in [-0.05, 0) is 38.1 Å². The zero-order valence-electron chi connectivity index (χ0n) is 10.8. The molecule has 3 nitrogen and oxygen atoms in total. The molecule has 18 heavy (non-hydrogen) atoms. The number of aromatic nitrogens is 1. The lowest BCUT2D eigenvalue weighted by Gasteiger charge is -2.08. The van der Waals surface area contributed by atoms with Crippen LogP contribution in [0, 0.1) is 13.8 Å². The number of nitrogens with one attached hydrogen (secondary N) is 1. The fourth-order valence-electron chi connectivity index (χ4n) is 1.62. The van der Waals surface area contributed by atoms with Gasteiger partial charge in [0.2, 0.25) is 0 Å². The van der Waals surface area contributed by atoms with Crippen LogP contribution in [0.15, 0.2) is 42.5 Å². The van der Waals surface area contributed by atoms with Gasteiger partial charge in [-0.25, -0.2) is 4.98 Å². The second-order valence-corrected chi connectivity index (χ2v) is 4.25. The van der Waals surface area contributed by atoms with Crippen LogP contribution in [0.1, 0.15) is 11.3 Å². The first-order valence-corrected chi connectivity index (χ1v) is 6.11. The third-order valence-electron chi connectivity index (χ3n) is 2.59. The van der Waals surface area contributed by atoms with Crippen molar-refractivity contribution >= 4 is 5.82 Å². The molecule has 0 saturated carbocycles. The zero-order valence-corrected chi connectivity index (χ0v) is 10.8. The third kappa shape index (κ3) is 3.77. The lowest BCUT2D eigenvalue weighted by molar-refractivity contribution is 0.332. The summed E-state index contributed by atoms with van der Waals surface area (Å²) >= 11 is 0. The summed E-state index contributed by atoms with van der Waals surface area (Å²) in [7, 11) is 0. The van der Waals surface area contributed by atoms with Crippen LogP contribution < -0.4 is 10.1 Å². The molecular formula is C15H18N2O. The largest absolute Gasteiger partial charge is 0.492 e. The number of hydrogen-bond acceptors (Lipinski definition) is 3. The zero-order chi connectivity index (χ0) is 12.8. The molecule has 1 aromatic heterocycles. The maximum Gasteiger partial charge on any atom is 0.126 e. The summed E-state index contributed by atoms with van der Waals surface area (Å²) in [6, 6.07) is 14.0. The first-order chi connectivity index (χ1) is 8.74. The van der Waals surface area contributed by atoms with Gasteiger partial charge in [-0.3, -0.25) is 0 Å². The summed E-state index contributed by atoms with van der Waals surface area (Å²) in [5.74, 6) is 1.79. The van der Waals surface area contributed by atoms with Crippen molar-refractivity contribution in [3.05, 3.63) is 53.7 Å². The van der Waals surface area contributed by atoms with Crippen molar-refractivity contribution in [3.8, 4) is 5.75 Å². The number of aryl methyl sites for hydroxylation is 2. The van der Waals surface area contributed by atoms with E-state index in [0.29, 0.717) is 6.61 Å². The molecular weight excluding hydrogens is 224 g/mol. The van der Waals surface area contributed by atoms with E-state index in [1.54, 1.807) is 0 Å². The minimum absolute atomic E-state index is 0.624. The fraction of sp³-hybridized carbons (Fsp3) is 0.267. The highest BCUT2D eigenvalue weighted by molar-refractivity contribution is 5.35. The van der Waals surface area contributed by atoms with Crippen molar-refractivity contribution < 1.29 is 4.74 Å². The quantitative estimate of drug-likeness (QED) is 0.818. The van der Waals surface area contributed by atoms with Crippen LogP contribution in [0.4, 0.5) is 5.82 Å². The Labute approximate surface area is 108 Å². The highest BCUT2D eigenvalue weighted by atomic mass is 16.5. The summed E-state index contributed by atoms with van der Waals surface area (Å²) < 4.78 is 5.62. The standard InChI is InChI=1S/C15H18N2O/c1-12-6-8-14(9-7-12)18-11-10-16-15-5-3-4-13(2)17-15/h3-9H,10-11H2,1-2H3,(H,16,17). The Morgan fingerprint density at radius 3 is 2.56 bits per heavy atom. The monoisotopic (exact) mass is 242 g/mol. The van der Waals surface area contributed by atoms with Crippen molar-refractivity contribution in [2.24, 2.45) is 0 Å². The predicted octanol–water partition coefficient (Wildman–Crippen LogP) is 3.19. The first kappa shape index (κ1) is 12.4. The van der Waals surface area contributed by atoms with E-state index in [0.717, 1.165) is 23.8 Å². The van der Waals surface area contributed by atoms with Gasteiger partial charge in [0.15, 0.2) is 0 Å². The number of rotatable bonds is 5. The van der Waals surface area contributed by atoms with Crippen molar-refractivity contribution in [3.63, 3.8) is 0 Å². The molecule has 0 saturated heterocycles. The van der Waals surface area contributed by atoms with E-state index < -0.39 is 0 Å². The number of hydrogen-bond donors (Lipinski definition) is 1. The minimum atomic E-state index is 0.624. The Hall–Kier alpha value is -2.03. The predicted molar refractivity (Wildman–Crippen MR) is 74.1 cm³/mol. The van der Waals surface area contributed by atoms with Gasteiger partial charge in [-0.2, -0.15) is 0 Å². The van der Waals surface area contributed by atoms with E-state index in [2.05, 4.69) is 17.2 Å². The Kier molecular flexibility index (Phi) is 4.18.